The summed E-state index contributed by atoms with van der Waals surface area (Å²) < 4.78 is 41.1. The number of ketones is 1. The van der Waals surface area contributed by atoms with Gasteiger partial charge in [0.05, 0.1) is 6.04 Å². The molecule has 0 bridgehead atoms. The molecule has 27 heavy (non-hydrogen) atoms. The first-order chi connectivity index (χ1) is 12.6. The number of carbonyl (C=O) groups is 2. The molecular formula is C18H14ClF3N2O3. The number of amides is 2. The third-order valence-electron chi connectivity index (χ3n) is 4.38. The number of Topliss-reactive ketones (excluding diaryl/α,β-unsaturated/α-hetero) is 1. The van der Waals surface area contributed by atoms with Crippen LogP contribution in [0.2, 0.25) is 5.02 Å². The van der Waals surface area contributed by atoms with E-state index in [9.17, 15) is 27.9 Å². The van der Waals surface area contributed by atoms with Crippen LogP contribution in [-0.4, -0.2) is 28.8 Å². The lowest BCUT2D eigenvalue weighted by molar-refractivity contribution is -0.287. The smallest absolute Gasteiger partial charge is 0.363 e. The predicted molar refractivity (Wildman–Crippen MR) is 91.1 cm³/mol. The first kappa shape index (κ1) is 19.2. The van der Waals surface area contributed by atoms with Crippen molar-refractivity contribution >= 4 is 23.4 Å². The van der Waals surface area contributed by atoms with Gasteiger partial charge in [-0.3, -0.25) is 4.79 Å². The van der Waals surface area contributed by atoms with Crippen LogP contribution in [0.3, 0.4) is 0 Å². The van der Waals surface area contributed by atoms with Crippen molar-refractivity contribution in [1.82, 2.24) is 10.6 Å². The molecule has 0 saturated carbocycles. The second-order valence-electron chi connectivity index (χ2n) is 6.10. The molecule has 3 N–H and O–H groups in total. The van der Waals surface area contributed by atoms with E-state index >= 15 is 0 Å². The molecule has 9 heteroatoms. The van der Waals surface area contributed by atoms with E-state index in [1.807, 2.05) is 0 Å². The summed E-state index contributed by atoms with van der Waals surface area (Å²) in [5.74, 6) is -3.05. The summed E-state index contributed by atoms with van der Waals surface area (Å²) in [7, 11) is 0. The summed E-state index contributed by atoms with van der Waals surface area (Å²) in [6.07, 6.45) is -5.29. The lowest BCUT2D eigenvalue weighted by Gasteiger charge is -2.45. The van der Waals surface area contributed by atoms with Gasteiger partial charge in [0.25, 0.3) is 0 Å². The molecule has 1 saturated heterocycles. The highest BCUT2D eigenvalue weighted by atomic mass is 35.5. The Hall–Kier alpha value is -2.58. The zero-order valence-electron chi connectivity index (χ0n) is 13.6. The van der Waals surface area contributed by atoms with Gasteiger partial charge >= 0.3 is 12.2 Å². The molecular weight excluding hydrogens is 385 g/mol. The molecule has 1 aliphatic heterocycles. The second-order valence-corrected chi connectivity index (χ2v) is 6.54. The first-order valence-corrected chi connectivity index (χ1v) is 8.24. The van der Waals surface area contributed by atoms with Crippen molar-refractivity contribution in [3.05, 3.63) is 70.7 Å². The van der Waals surface area contributed by atoms with Gasteiger partial charge in [-0.05, 0) is 29.8 Å². The monoisotopic (exact) mass is 398 g/mol. The maximum absolute atomic E-state index is 13.7. The van der Waals surface area contributed by atoms with Gasteiger partial charge in [0, 0.05) is 10.6 Å². The van der Waals surface area contributed by atoms with Gasteiger partial charge in [-0.2, -0.15) is 13.2 Å². The minimum atomic E-state index is -5.29. The number of rotatable bonds is 3. The van der Waals surface area contributed by atoms with Gasteiger partial charge in [0.2, 0.25) is 5.72 Å². The van der Waals surface area contributed by atoms with Gasteiger partial charge in [-0.15, -0.1) is 0 Å². The molecule has 5 nitrogen and oxygen atoms in total. The normalized spacial score (nSPS) is 25.4. The maximum Gasteiger partial charge on any atom is 0.437 e. The van der Waals surface area contributed by atoms with E-state index in [-0.39, 0.29) is 11.1 Å². The molecule has 1 aliphatic rings. The molecule has 2 amide bonds. The number of nitrogens with one attached hydrogen (secondary N) is 2. The van der Waals surface area contributed by atoms with E-state index in [0.717, 1.165) is 0 Å². The van der Waals surface area contributed by atoms with Crippen LogP contribution < -0.4 is 10.6 Å². The predicted octanol–water partition coefficient (Wildman–Crippen LogP) is 3.44. The van der Waals surface area contributed by atoms with Crippen LogP contribution in [0.1, 0.15) is 22.0 Å². The fourth-order valence-corrected chi connectivity index (χ4v) is 3.20. The summed E-state index contributed by atoms with van der Waals surface area (Å²) in [5.41, 5.74) is -3.57. The fraction of sp³-hybridized carbons (Fsp3) is 0.222. The van der Waals surface area contributed by atoms with E-state index in [1.165, 1.54) is 41.7 Å². The van der Waals surface area contributed by atoms with Crippen molar-refractivity contribution < 1.29 is 27.9 Å². The average molecular weight is 399 g/mol. The summed E-state index contributed by atoms with van der Waals surface area (Å²) in [6, 6.07) is 10.3. The number of carbonyl (C=O) groups excluding carboxylic acids is 2. The molecule has 0 aromatic heterocycles. The number of urea groups is 1. The standard InChI is InChI=1S/C18H14ClF3N2O3/c19-12-8-6-11(7-9-12)15(25)13-14(10-4-2-1-3-5-10)23-16(26)24-17(13,27)18(20,21)22/h1-9,13-14,27H,(H2,23,24,26)/t13-,14-,17+/m1/s1. The molecule has 1 fully saturated rings. The van der Waals surface area contributed by atoms with Crippen molar-refractivity contribution in [2.75, 3.05) is 0 Å². The van der Waals surface area contributed by atoms with Gasteiger partial charge < -0.3 is 15.7 Å². The first-order valence-electron chi connectivity index (χ1n) is 7.86. The Kier molecular flexibility index (Phi) is 4.88. The Balaban J connectivity index is 2.15. The van der Waals surface area contributed by atoms with Crippen molar-refractivity contribution in [1.29, 1.82) is 0 Å². The molecule has 0 aliphatic carbocycles. The van der Waals surface area contributed by atoms with Crippen LogP contribution in [0.4, 0.5) is 18.0 Å². The molecule has 142 valence electrons. The maximum atomic E-state index is 13.7. The van der Waals surface area contributed by atoms with Crippen LogP contribution in [0.25, 0.3) is 0 Å². The van der Waals surface area contributed by atoms with Crippen LogP contribution in [-0.2, 0) is 0 Å². The van der Waals surface area contributed by atoms with Gasteiger partial charge in [-0.25, -0.2) is 4.79 Å². The quantitative estimate of drug-likeness (QED) is 0.693. The topological polar surface area (TPSA) is 78.4 Å². The van der Waals surface area contributed by atoms with E-state index in [2.05, 4.69) is 5.32 Å². The lowest BCUT2D eigenvalue weighted by atomic mass is 9.77. The minimum Gasteiger partial charge on any atom is -0.363 e. The highest BCUT2D eigenvalue weighted by Crippen LogP contribution is 2.43. The van der Waals surface area contributed by atoms with Crippen LogP contribution >= 0.6 is 11.6 Å². The second kappa shape index (κ2) is 6.86. The number of hydrogen-bond acceptors (Lipinski definition) is 3. The molecule has 3 rings (SSSR count). The Morgan fingerprint density at radius 1 is 1.07 bits per heavy atom. The van der Waals surface area contributed by atoms with Crippen molar-refractivity contribution in [3.63, 3.8) is 0 Å². The Labute approximate surface area is 157 Å². The van der Waals surface area contributed by atoms with Crippen LogP contribution in [0.15, 0.2) is 54.6 Å². The zero-order valence-corrected chi connectivity index (χ0v) is 14.4. The Bertz CT molecular complexity index is 858. The molecule has 0 spiro atoms. The van der Waals surface area contributed by atoms with Crippen molar-refractivity contribution in [3.8, 4) is 0 Å². The third kappa shape index (κ3) is 3.50. The fourth-order valence-electron chi connectivity index (χ4n) is 3.07. The zero-order chi connectivity index (χ0) is 19.8. The van der Waals surface area contributed by atoms with Crippen LogP contribution in [0, 0.1) is 5.92 Å². The average Bonchev–Trinajstić information content (AvgIpc) is 2.61. The lowest BCUT2D eigenvalue weighted by Crippen LogP contribution is -2.72. The van der Waals surface area contributed by atoms with E-state index in [1.54, 1.807) is 18.2 Å². The minimum absolute atomic E-state index is 0.0778. The van der Waals surface area contributed by atoms with Crippen molar-refractivity contribution in [2.45, 2.75) is 17.9 Å². The molecule has 0 radical (unpaired) electrons. The molecule has 0 unspecified atom stereocenters. The summed E-state index contributed by atoms with van der Waals surface area (Å²) in [4.78, 5) is 24.8. The molecule has 2 aromatic carbocycles. The van der Waals surface area contributed by atoms with Gasteiger partial charge in [0.1, 0.15) is 5.92 Å². The van der Waals surface area contributed by atoms with Gasteiger partial charge in [0.15, 0.2) is 5.78 Å². The van der Waals surface area contributed by atoms with E-state index in [4.69, 9.17) is 11.6 Å². The van der Waals surface area contributed by atoms with Crippen molar-refractivity contribution in [2.24, 2.45) is 5.92 Å². The van der Waals surface area contributed by atoms with Crippen LogP contribution in [0.5, 0.6) is 0 Å². The Morgan fingerprint density at radius 2 is 1.67 bits per heavy atom. The molecule has 2 aromatic rings. The molecule has 3 atom stereocenters. The largest absolute Gasteiger partial charge is 0.437 e. The van der Waals surface area contributed by atoms with Gasteiger partial charge in [-0.1, -0.05) is 41.9 Å². The SMILES string of the molecule is O=C1N[C@H](c2ccccc2)[C@H](C(=O)c2ccc(Cl)cc2)[C@](O)(C(F)(F)F)N1. The third-order valence-corrected chi connectivity index (χ3v) is 4.63. The molecule has 1 heterocycles. The summed E-state index contributed by atoms with van der Waals surface area (Å²) in [6.45, 7) is 0. The number of hydrogen-bond donors (Lipinski definition) is 3. The Morgan fingerprint density at radius 3 is 2.22 bits per heavy atom. The van der Waals surface area contributed by atoms with E-state index < -0.39 is 35.7 Å². The highest BCUT2D eigenvalue weighted by molar-refractivity contribution is 6.30. The number of benzene rings is 2. The number of aliphatic hydroxyl groups is 1. The number of alkyl halides is 3. The highest BCUT2D eigenvalue weighted by Gasteiger charge is 2.66. The van der Waals surface area contributed by atoms with E-state index in [0.29, 0.717) is 5.02 Å². The number of halogens is 4. The summed E-state index contributed by atoms with van der Waals surface area (Å²) >= 11 is 5.76. The summed E-state index contributed by atoms with van der Waals surface area (Å²) in [5, 5.41) is 14.5.